The minimum Gasteiger partial charge on any atom is -0.454 e. The topological polar surface area (TPSA) is 54.6 Å². The molecule has 3 aromatic rings. The van der Waals surface area contributed by atoms with E-state index >= 15 is 0 Å². The zero-order valence-electron chi connectivity index (χ0n) is 27.4. The Hall–Kier alpha value is -1.96. The van der Waals surface area contributed by atoms with Crippen LogP contribution in [0.1, 0.15) is 94.7 Å². The van der Waals surface area contributed by atoms with E-state index < -0.39 is 10.8 Å². The number of likely N-dealkylation sites (tertiary alicyclic amines) is 1. The van der Waals surface area contributed by atoms with Crippen LogP contribution in [0.15, 0.2) is 42.6 Å². The first-order valence-electron chi connectivity index (χ1n) is 17.1. The SMILES string of the molecule is CCCCCCCCS(=O)C(C)Cc1ccc2c(c1)OCO2.CCCN1C[C@H](CSC)C[C@@H]2c3cccc4[nH]cc(c34)C[C@H]21. The molecule has 44 heavy (non-hydrogen) atoms. The van der Waals surface area contributed by atoms with Gasteiger partial charge in [0.05, 0.1) is 0 Å². The first-order chi connectivity index (χ1) is 21.5. The fourth-order valence-corrected chi connectivity index (χ4v) is 9.50. The Kier molecular flexibility index (Phi) is 12.6. The summed E-state index contributed by atoms with van der Waals surface area (Å²) in [6.07, 6.45) is 16.7. The van der Waals surface area contributed by atoms with Gasteiger partial charge in [-0.05, 0) is 91.5 Å². The van der Waals surface area contributed by atoms with Crippen LogP contribution in [0.5, 0.6) is 11.5 Å². The van der Waals surface area contributed by atoms with Crippen LogP contribution in [-0.2, 0) is 23.6 Å². The molecule has 3 heterocycles. The summed E-state index contributed by atoms with van der Waals surface area (Å²) >= 11 is 2.01. The second kappa shape index (κ2) is 16.6. The number of hydrogen-bond acceptors (Lipinski definition) is 5. The summed E-state index contributed by atoms with van der Waals surface area (Å²) in [5.41, 5.74) is 5.65. The third kappa shape index (κ3) is 8.24. The quantitative estimate of drug-likeness (QED) is 0.179. The molecule has 1 aromatic heterocycles. The number of benzene rings is 2. The van der Waals surface area contributed by atoms with Gasteiger partial charge in [-0.15, -0.1) is 0 Å². The summed E-state index contributed by atoms with van der Waals surface area (Å²) in [5, 5.41) is 1.72. The van der Waals surface area contributed by atoms with Crippen LogP contribution in [0.4, 0.5) is 0 Å². The number of piperidine rings is 1. The number of H-pyrrole nitrogens is 1. The van der Waals surface area contributed by atoms with E-state index in [9.17, 15) is 4.21 Å². The molecule has 2 aliphatic heterocycles. The largest absolute Gasteiger partial charge is 0.454 e. The van der Waals surface area contributed by atoms with Crippen molar-refractivity contribution >= 4 is 33.5 Å². The van der Waals surface area contributed by atoms with Crippen molar-refractivity contribution in [1.29, 1.82) is 0 Å². The maximum atomic E-state index is 12.3. The fraction of sp³-hybridized carbons (Fsp3) is 0.622. The molecule has 0 radical (unpaired) electrons. The van der Waals surface area contributed by atoms with Crippen molar-refractivity contribution < 1.29 is 13.7 Å². The molecule has 5 atom stereocenters. The van der Waals surface area contributed by atoms with Gasteiger partial charge in [0, 0.05) is 57.4 Å². The highest BCUT2D eigenvalue weighted by Gasteiger charge is 2.40. The van der Waals surface area contributed by atoms with E-state index in [1.165, 1.54) is 92.2 Å². The third-order valence-corrected chi connectivity index (χ3v) is 12.2. The highest BCUT2D eigenvalue weighted by molar-refractivity contribution is 7.98. The number of hydrogen-bond donors (Lipinski definition) is 1. The number of thioether (sulfide) groups is 1. The number of unbranched alkanes of at least 4 members (excludes halogenated alkanes) is 5. The first-order valence-corrected chi connectivity index (χ1v) is 19.9. The van der Waals surface area contributed by atoms with Crippen molar-refractivity contribution in [3.05, 3.63) is 59.3 Å². The van der Waals surface area contributed by atoms with E-state index in [0.29, 0.717) is 12.8 Å². The van der Waals surface area contributed by atoms with E-state index in [-0.39, 0.29) is 5.25 Å². The highest BCUT2D eigenvalue weighted by Crippen LogP contribution is 2.45. The summed E-state index contributed by atoms with van der Waals surface area (Å²) in [7, 11) is -0.743. The van der Waals surface area contributed by atoms with Crippen LogP contribution in [0.2, 0.25) is 0 Å². The standard InChI is InChI=1S/C19H26N2S.C18H28O3S/c1-3-7-21-11-13(12-22-2)8-16-15-5-4-6-17-19(15)14(10-20-17)9-18(16)21;1-3-4-5-6-7-8-11-22(19)15(2)12-16-9-10-17-18(13-16)21-14-20-17/h4-6,10,13,16,18,20H,3,7-9,11-12H2,1-2H3;9-10,13,15H,3-8,11-12,14H2,1-2H3/t13-,16-,18-;/m1./s1. The molecular weight excluding hydrogens is 585 g/mol. The molecule has 1 aliphatic carbocycles. The Balaban J connectivity index is 0.000000175. The summed E-state index contributed by atoms with van der Waals surface area (Å²) in [6, 6.07) is 13.6. The molecule has 3 aliphatic rings. The van der Waals surface area contributed by atoms with Gasteiger partial charge < -0.3 is 14.5 Å². The summed E-state index contributed by atoms with van der Waals surface area (Å²) in [4.78, 5) is 6.29. The highest BCUT2D eigenvalue weighted by atomic mass is 32.2. The molecule has 1 fully saturated rings. The number of ether oxygens (including phenoxy) is 2. The lowest BCUT2D eigenvalue weighted by Gasteiger charge is -2.47. The molecule has 0 bridgehead atoms. The normalized spacial score (nSPS) is 21.9. The molecular formula is C37H54N2O3S2. The molecule has 0 spiro atoms. The van der Waals surface area contributed by atoms with E-state index in [1.807, 2.05) is 30.0 Å². The minimum absolute atomic E-state index is 0.191. The Bertz CT molecular complexity index is 1360. The van der Waals surface area contributed by atoms with Gasteiger partial charge in [-0.3, -0.25) is 9.11 Å². The van der Waals surface area contributed by atoms with Crippen LogP contribution in [0.25, 0.3) is 10.9 Å². The van der Waals surface area contributed by atoms with Gasteiger partial charge in [0.25, 0.3) is 0 Å². The molecule has 1 saturated heterocycles. The van der Waals surface area contributed by atoms with Crippen LogP contribution >= 0.6 is 11.8 Å². The second-order valence-corrected chi connectivity index (χ2v) is 16.0. The van der Waals surface area contributed by atoms with E-state index in [4.69, 9.17) is 9.47 Å². The van der Waals surface area contributed by atoms with Crippen molar-refractivity contribution in [1.82, 2.24) is 9.88 Å². The van der Waals surface area contributed by atoms with Crippen molar-refractivity contribution in [2.45, 2.75) is 102 Å². The molecule has 5 nitrogen and oxygen atoms in total. The Morgan fingerprint density at radius 2 is 1.86 bits per heavy atom. The lowest BCUT2D eigenvalue weighted by molar-refractivity contribution is 0.0926. The predicted molar refractivity (Wildman–Crippen MR) is 189 cm³/mol. The number of nitrogens with zero attached hydrogens (tertiary/aromatic N) is 1. The van der Waals surface area contributed by atoms with Gasteiger partial charge in [0.15, 0.2) is 11.5 Å². The molecule has 0 amide bonds. The lowest BCUT2D eigenvalue weighted by Crippen LogP contribution is -2.50. The van der Waals surface area contributed by atoms with Gasteiger partial charge >= 0.3 is 0 Å². The van der Waals surface area contributed by atoms with Gasteiger partial charge in [-0.1, -0.05) is 71.1 Å². The smallest absolute Gasteiger partial charge is 0.231 e. The van der Waals surface area contributed by atoms with E-state index in [0.717, 1.165) is 41.9 Å². The van der Waals surface area contributed by atoms with Crippen LogP contribution in [-0.4, -0.2) is 63.0 Å². The molecule has 7 heteroatoms. The monoisotopic (exact) mass is 638 g/mol. The molecule has 2 unspecified atom stereocenters. The minimum atomic E-state index is -0.743. The first kappa shape index (κ1) is 33.4. The molecule has 6 rings (SSSR count). The summed E-state index contributed by atoms with van der Waals surface area (Å²) in [6.45, 7) is 9.48. The van der Waals surface area contributed by atoms with Gasteiger partial charge in [-0.2, -0.15) is 11.8 Å². The van der Waals surface area contributed by atoms with Crippen molar-refractivity contribution in [3.63, 3.8) is 0 Å². The second-order valence-electron chi connectivity index (χ2n) is 13.1. The number of rotatable bonds is 14. The number of aromatic nitrogens is 1. The lowest BCUT2D eigenvalue weighted by atomic mass is 9.72. The van der Waals surface area contributed by atoms with E-state index in [1.54, 1.807) is 5.56 Å². The van der Waals surface area contributed by atoms with Crippen LogP contribution in [0, 0.1) is 5.92 Å². The molecule has 242 valence electrons. The Morgan fingerprint density at radius 3 is 2.68 bits per heavy atom. The average Bonchev–Trinajstić information content (AvgIpc) is 3.67. The maximum absolute atomic E-state index is 12.3. The van der Waals surface area contributed by atoms with Crippen LogP contribution in [0.3, 0.4) is 0 Å². The average molecular weight is 639 g/mol. The summed E-state index contributed by atoms with van der Waals surface area (Å²) in [5.74, 6) is 5.33. The van der Waals surface area contributed by atoms with Crippen LogP contribution < -0.4 is 9.47 Å². The van der Waals surface area contributed by atoms with Gasteiger partial charge in [0.1, 0.15) is 0 Å². The predicted octanol–water partition coefficient (Wildman–Crippen LogP) is 8.73. The maximum Gasteiger partial charge on any atom is 0.231 e. The third-order valence-electron chi connectivity index (χ3n) is 9.68. The number of aromatic amines is 1. The number of fused-ring (bicyclic) bond motifs is 3. The van der Waals surface area contributed by atoms with Crippen molar-refractivity contribution in [3.8, 4) is 11.5 Å². The van der Waals surface area contributed by atoms with Gasteiger partial charge in [0.2, 0.25) is 6.79 Å². The Labute approximate surface area is 272 Å². The zero-order valence-corrected chi connectivity index (χ0v) is 29.1. The number of nitrogens with one attached hydrogen (secondary N) is 1. The fourth-order valence-electron chi connectivity index (χ4n) is 7.52. The summed E-state index contributed by atoms with van der Waals surface area (Å²) < 4.78 is 23.0. The van der Waals surface area contributed by atoms with E-state index in [2.05, 4.69) is 61.3 Å². The molecule has 0 saturated carbocycles. The van der Waals surface area contributed by atoms with Crippen molar-refractivity contribution in [2.24, 2.45) is 5.92 Å². The van der Waals surface area contributed by atoms with Gasteiger partial charge in [-0.25, -0.2) is 0 Å². The Morgan fingerprint density at radius 1 is 1.05 bits per heavy atom. The molecule has 1 N–H and O–H groups in total. The van der Waals surface area contributed by atoms with Crippen molar-refractivity contribution in [2.75, 3.05) is 37.6 Å². The molecule has 2 aromatic carbocycles. The zero-order chi connectivity index (χ0) is 30.9.